The molecule has 2 heterocycles. The number of hydrogen-bond donors (Lipinski definition) is 0. The van der Waals surface area contributed by atoms with E-state index in [1.165, 1.54) is 8.28 Å². The highest BCUT2D eigenvalue weighted by molar-refractivity contribution is 7.90. The summed E-state index contributed by atoms with van der Waals surface area (Å²) in [7, 11) is -8.13. The molecule has 1 atom stereocenters. The van der Waals surface area contributed by atoms with Crippen molar-refractivity contribution in [3.63, 3.8) is 0 Å². The van der Waals surface area contributed by atoms with E-state index < -0.39 is 26.1 Å². The second kappa shape index (κ2) is 9.01. The van der Waals surface area contributed by atoms with E-state index in [1.807, 2.05) is 49.4 Å². The van der Waals surface area contributed by atoms with Crippen LogP contribution in [0.2, 0.25) is 0 Å². The lowest BCUT2D eigenvalue weighted by atomic mass is 9.97. The lowest BCUT2D eigenvalue weighted by Crippen LogP contribution is -2.35. The summed E-state index contributed by atoms with van der Waals surface area (Å²) in [6.07, 6.45) is 3.24. The molecule has 0 amide bonds. The third-order valence-corrected chi connectivity index (χ3v) is 10.3. The van der Waals surface area contributed by atoms with Crippen LogP contribution in [0, 0.1) is 6.92 Å². The van der Waals surface area contributed by atoms with Gasteiger partial charge in [-0.2, -0.15) is 0 Å². The first-order valence-electron chi connectivity index (χ1n) is 12.1. The molecule has 0 aliphatic carbocycles. The molecule has 0 N–H and O–H groups in total. The molecule has 4 aromatic carbocycles. The highest BCUT2D eigenvalue weighted by Gasteiger charge is 2.40. The minimum atomic E-state index is -4.08. The van der Waals surface area contributed by atoms with Gasteiger partial charge in [0.25, 0.3) is 20.0 Å². The minimum Gasteiger partial charge on any atom is -0.260 e. The van der Waals surface area contributed by atoms with Gasteiger partial charge in [0.2, 0.25) is 0 Å². The molecule has 8 heteroatoms. The lowest BCUT2D eigenvalue weighted by Gasteiger charge is -2.34. The van der Waals surface area contributed by atoms with Crippen LogP contribution >= 0.6 is 0 Å². The molecule has 1 aliphatic heterocycles. The summed E-state index contributed by atoms with van der Waals surface area (Å²) in [5.74, 6) is 0. The van der Waals surface area contributed by atoms with Gasteiger partial charge < -0.3 is 0 Å². The molecular weight excluding hydrogens is 516 g/mol. The molecule has 6 nitrogen and oxygen atoms in total. The van der Waals surface area contributed by atoms with Crippen LogP contribution in [-0.2, 0) is 20.0 Å². The quantitative estimate of drug-likeness (QED) is 0.276. The molecule has 1 unspecified atom stereocenters. The van der Waals surface area contributed by atoms with Gasteiger partial charge in [-0.3, -0.25) is 4.31 Å². The molecular formula is C30H24N2O4S2. The number of benzene rings is 4. The maximum Gasteiger partial charge on any atom is 0.268 e. The second-order valence-electron chi connectivity index (χ2n) is 9.18. The van der Waals surface area contributed by atoms with E-state index >= 15 is 0 Å². The zero-order chi connectivity index (χ0) is 26.5. The van der Waals surface area contributed by atoms with Crippen molar-refractivity contribution in [3.8, 4) is 0 Å². The van der Waals surface area contributed by atoms with E-state index in [9.17, 15) is 16.8 Å². The van der Waals surface area contributed by atoms with E-state index in [1.54, 1.807) is 79.0 Å². The molecule has 190 valence electrons. The Balaban J connectivity index is 1.69. The Labute approximate surface area is 222 Å². The van der Waals surface area contributed by atoms with Gasteiger partial charge in [-0.1, -0.05) is 84.4 Å². The van der Waals surface area contributed by atoms with Gasteiger partial charge in [0.15, 0.2) is 0 Å². The van der Waals surface area contributed by atoms with Crippen molar-refractivity contribution in [2.75, 3.05) is 0 Å². The molecule has 0 fully saturated rings. The molecule has 0 spiro atoms. The van der Waals surface area contributed by atoms with Crippen LogP contribution in [0.4, 0.5) is 0 Å². The van der Waals surface area contributed by atoms with Crippen LogP contribution < -0.4 is 0 Å². The van der Waals surface area contributed by atoms with E-state index in [4.69, 9.17) is 0 Å². The first kappa shape index (κ1) is 24.2. The van der Waals surface area contributed by atoms with E-state index in [0.717, 1.165) is 10.9 Å². The van der Waals surface area contributed by atoms with Gasteiger partial charge in [0, 0.05) is 17.1 Å². The highest BCUT2D eigenvalue weighted by atomic mass is 32.2. The zero-order valence-electron chi connectivity index (χ0n) is 20.5. The zero-order valence-corrected chi connectivity index (χ0v) is 22.1. The lowest BCUT2D eigenvalue weighted by molar-refractivity contribution is 0.438. The summed E-state index contributed by atoms with van der Waals surface area (Å²) in [5.41, 5.74) is 3.13. The summed E-state index contributed by atoms with van der Waals surface area (Å²) in [4.78, 5) is 0.253. The fourth-order valence-corrected chi connectivity index (χ4v) is 8.02. The molecule has 0 saturated heterocycles. The Kier molecular flexibility index (Phi) is 5.74. The van der Waals surface area contributed by atoms with Crippen molar-refractivity contribution in [3.05, 3.63) is 138 Å². The fourth-order valence-electron chi connectivity index (χ4n) is 4.99. The van der Waals surface area contributed by atoms with Crippen LogP contribution in [-0.4, -0.2) is 25.1 Å². The number of nitrogens with zero attached hydrogens (tertiary/aromatic N) is 2. The average molecular weight is 541 g/mol. The molecule has 0 radical (unpaired) electrons. The van der Waals surface area contributed by atoms with Gasteiger partial charge in [-0.15, -0.1) is 0 Å². The summed E-state index contributed by atoms with van der Waals surface area (Å²) in [5, 5.41) is 0.728. The highest BCUT2D eigenvalue weighted by Crippen LogP contribution is 2.44. The Morgan fingerprint density at radius 3 is 1.89 bits per heavy atom. The molecule has 0 saturated carbocycles. The van der Waals surface area contributed by atoms with Gasteiger partial charge >= 0.3 is 0 Å². The van der Waals surface area contributed by atoms with E-state index in [2.05, 4.69) is 0 Å². The topological polar surface area (TPSA) is 76.5 Å². The molecule has 1 aromatic heterocycles. The van der Waals surface area contributed by atoms with Crippen molar-refractivity contribution < 1.29 is 16.8 Å². The molecule has 5 aromatic rings. The van der Waals surface area contributed by atoms with Gasteiger partial charge in [0.05, 0.1) is 21.0 Å². The molecule has 6 rings (SSSR count). The van der Waals surface area contributed by atoms with Crippen molar-refractivity contribution in [2.45, 2.75) is 22.8 Å². The van der Waals surface area contributed by atoms with E-state index in [0.29, 0.717) is 22.3 Å². The Morgan fingerprint density at radius 2 is 1.21 bits per heavy atom. The SMILES string of the molecule is Cc1ccc(S(=O)(=O)N2C=Cc3c(n(S(=O)(=O)c4ccccc4)c4ccccc34)C2c2ccccc2)cc1. The van der Waals surface area contributed by atoms with Gasteiger partial charge in [-0.25, -0.2) is 20.8 Å². The van der Waals surface area contributed by atoms with Crippen LogP contribution in [0.5, 0.6) is 0 Å². The summed E-state index contributed by atoms with van der Waals surface area (Å²) < 4.78 is 59.1. The molecule has 0 bridgehead atoms. The molecule has 38 heavy (non-hydrogen) atoms. The number of fused-ring (bicyclic) bond motifs is 3. The number of rotatable bonds is 5. The van der Waals surface area contributed by atoms with Crippen LogP contribution in [0.1, 0.15) is 28.4 Å². The smallest absolute Gasteiger partial charge is 0.260 e. The van der Waals surface area contributed by atoms with Crippen LogP contribution in [0.15, 0.2) is 125 Å². The Morgan fingerprint density at radius 1 is 0.632 bits per heavy atom. The normalized spacial score (nSPS) is 15.5. The van der Waals surface area contributed by atoms with Gasteiger partial charge in [0.1, 0.15) is 6.04 Å². The largest absolute Gasteiger partial charge is 0.268 e. The Bertz CT molecular complexity index is 1890. The summed E-state index contributed by atoms with van der Waals surface area (Å²) in [6.45, 7) is 1.89. The first-order valence-corrected chi connectivity index (χ1v) is 15.0. The van der Waals surface area contributed by atoms with Crippen LogP contribution in [0.3, 0.4) is 0 Å². The average Bonchev–Trinajstić information content (AvgIpc) is 3.29. The Hall–Kier alpha value is -4.14. The number of aromatic nitrogens is 1. The number of aryl methyl sites for hydroxylation is 1. The van der Waals surface area contributed by atoms with Crippen molar-refractivity contribution in [1.82, 2.24) is 8.28 Å². The van der Waals surface area contributed by atoms with Crippen molar-refractivity contribution >= 4 is 37.0 Å². The van der Waals surface area contributed by atoms with Gasteiger partial charge in [-0.05, 0) is 48.9 Å². The maximum atomic E-state index is 14.2. The third-order valence-electron chi connectivity index (χ3n) is 6.80. The third kappa shape index (κ3) is 3.76. The standard InChI is InChI=1S/C30H24N2O4S2/c1-22-16-18-25(19-17-22)37(33,34)31-21-20-27-26-14-8-9-15-28(26)32(38(35,36)24-12-6-3-7-13-24)30(27)29(31)23-10-4-2-5-11-23/h2-21,29H,1H3. The number of hydrogen-bond acceptors (Lipinski definition) is 4. The van der Waals surface area contributed by atoms with Crippen molar-refractivity contribution in [1.29, 1.82) is 0 Å². The monoisotopic (exact) mass is 540 g/mol. The fraction of sp³-hybridized carbons (Fsp3) is 0.0667. The first-order chi connectivity index (χ1) is 18.3. The molecule has 1 aliphatic rings. The van der Waals surface area contributed by atoms with E-state index in [-0.39, 0.29) is 9.79 Å². The predicted octanol–water partition coefficient (Wildman–Crippen LogP) is 5.95. The minimum absolute atomic E-state index is 0.123. The number of para-hydroxylation sites is 1. The maximum absolute atomic E-state index is 14.2. The second-order valence-corrected chi connectivity index (χ2v) is 12.8. The number of sulfonamides is 1. The summed E-state index contributed by atoms with van der Waals surface area (Å²) in [6, 6.07) is 30.3. The van der Waals surface area contributed by atoms with Crippen LogP contribution in [0.25, 0.3) is 17.0 Å². The van der Waals surface area contributed by atoms with Crippen molar-refractivity contribution in [2.24, 2.45) is 0 Å². The summed E-state index contributed by atoms with van der Waals surface area (Å²) >= 11 is 0. The predicted molar refractivity (Wildman–Crippen MR) is 148 cm³/mol.